The van der Waals surface area contributed by atoms with Crippen molar-refractivity contribution in [1.29, 1.82) is 0 Å². The molecule has 0 N–H and O–H groups in total. The highest BCUT2D eigenvalue weighted by atomic mass is 79.9. The Morgan fingerprint density at radius 1 is 0.621 bits per heavy atom. The number of rotatable bonds is 1. The molecule has 1 heterocycles. The van der Waals surface area contributed by atoms with Crippen molar-refractivity contribution >= 4 is 71.0 Å². The molecule has 0 bridgehead atoms. The Hall–Kier alpha value is -2.81. The zero-order chi connectivity index (χ0) is 19.5. The number of para-hydroxylation sites is 1. The predicted molar refractivity (Wildman–Crippen MR) is 127 cm³/mol. The first-order chi connectivity index (χ1) is 14.2. The molecule has 0 amide bonds. The minimum atomic E-state index is 0.707. The van der Waals surface area contributed by atoms with Crippen molar-refractivity contribution in [2.45, 2.75) is 0 Å². The third kappa shape index (κ3) is 2.46. The fourth-order valence-corrected chi connectivity index (χ4v) is 5.34. The van der Waals surface area contributed by atoms with Crippen molar-refractivity contribution < 1.29 is 4.42 Å². The van der Waals surface area contributed by atoms with Crippen LogP contribution in [0.3, 0.4) is 0 Å². The lowest BCUT2D eigenvalue weighted by molar-refractivity contribution is 0.669. The Bertz CT molecular complexity index is 1520. The van der Waals surface area contributed by atoms with Gasteiger partial charge in [0.15, 0.2) is 0 Å². The van der Waals surface area contributed by atoms with Crippen molar-refractivity contribution in [3.63, 3.8) is 0 Å². The van der Waals surface area contributed by atoms with Crippen LogP contribution in [-0.4, -0.2) is 0 Å². The molecule has 1 aromatic heterocycles. The maximum atomic E-state index is 6.80. The van der Waals surface area contributed by atoms with Crippen LogP contribution in [0, 0.1) is 0 Å². The molecule has 3 heteroatoms. The van der Waals surface area contributed by atoms with E-state index in [0.717, 1.165) is 32.0 Å². The van der Waals surface area contributed by atoms with Crippen LogP contribution in [0.2, 0.25) is 5.02 Å². The molecular formula is C26H14BrClO. The molecule has 0 atom stereocenters. The standard InChI is InChI=1S/C26H14BrClO/c27-26-18-9-3-1-7-16(18)24(17-8-2-4-10-19(17)26)15-13-21(28)25-20-11-5-6-12-22(20)29-23(25)14-15/h1-14H. The third-order valence-corrected chi connectivity index (χ3v) is 6.74. The fraction of sp³-hybridized carbons (Fsp3) is 0. The summed E-state index contributed by atoms with van der Waals surface area (Å²) in [7, 11) is 0. The summed E-state index contributed by atoms with van der Waals surface area (Å²) in [4.78, 5) is 0. The van der Waals surface area contributed by atoms with E-state index in [0.29, 0.717) is 5.02 Å². The van der Waals surface area contributed by atoms with Gasteiger partial charge in [-0.25, -0.2) is 0 Å². The van der Waals surface area contributed by atoms with Gasteiger partial charge in [0, 0.05) is 15.2 Å². The van der Waals surface area contributed by atoms with Gasteiger partial charge < -0.3 is 4.42 Å². The zero-order valence-electron chi connectivity index (χ0n) is 15.2. The van der Waals surface area contributed by atoms with Crippen LogP contribution in [-0.2, 0) is 0 Å². The summed E-state index contributed by atoms with van der Waals surface area (Å²) in [5.41, 5.74) is 3.89. The summed E-state index contributed by atoms with van der Waals surface area (Å²) in [5.74, 6) is 0. The van der Waals surface area contributed by atoms with Gasteiger partial charge in [0.05, 0.1) is 5.02 Å². The largest absolute Gasteiger partial charge is 0.456 e. The van der Waals surface area contributed by atoms with Gasteiger partial charge >= 0.3 is 0 Å². The van der Waals surface area contributed by atoms with E-state index in [4.69, 9.17) is 16.0 Å². The lowest BCUT2D eigenvalue weighted by Gasteiger charge is -2.14. The van der Waals surface area contributed by atoms with E-state index in [-0.39, 0.29) is 0 Å². The van der Waals surface area contributed by atoms with E-state index in [2.05, 4.69) is 82.7 Å². The molecule has 0 radical (unpaired) electrons. The van der Waals surface area contributed by atoms with Crippen molar-refractivity contribution in [3.05, 3.63) is 94.4 Å². The maximum absolute atomic E-state index is 6.80. The summed E-state index contributed by atoms with van der Waals surface area (Å²) in [6.45, 7) is 0. The van der Waals surface area contributed by atoms with Crippen LogP contribution < -0.4 is 0 Å². The molecule has 138 valence electrons. The second-order valence-electron chi connectivity index (χ2n) is 7.21. The fourth-order valence-electron chi connectivity index (χ4n) is 4.33. The highest BCUT2D eigenvalue weighted by Crippen LogP contribution is 2.44. The number of fused-ring (bicyclic) bond motifs is 5. The van der Waals surface area contributed by atoms with E-state index >= 15 is 0 Å². The Morgan fingerprint density at radius 3 is 1.83 bits per heavy atom. The van der Waals surface area contributed by atoms with Crippen LogP contribution in [0.4, 0.5) is 0 Å². The van der Waals surface area contributed by atoms with E-state index in [1.807, 2.05) is 18.2 Å². The van der Waals surface area contributed by atoms with E-state index < -0.39 is 0 Å². The number of benzene rings is 5. The topological polar surface area (TPSA) is 13.1 Å². The van der Waals surface area contributed by atoms with E-state index in [1.165, 1.54) is 27.1 Å². The van der Waals surface area contributed by atoms with Crippen LogP contribution in [0.15, 0.2) is 93.8 Å². The first kappa shape index (κ1) is 17.1. The Labute approximate surface area is 180 Å². The molecule has 5 aromatic carbocycles. The molecule has 0 saturated carbocycles. The molecule has 6 rings (SSSR count). The van der Waals surface area contributed by atoms with Crippen molar-refractivity contribution in [2.24, 2.45) is 0 Å². The lowest BCUT2D eigenvalue weighted by atomic mass is 9.91. The molecule has 0 fully saturated rings. The van der Waals surface area contributed by atoms with Crippen LogP contribution >= 0.6 is 27.5 Å². The van der Waals surface area contributed by atoms with Gasteiger partial charge in [-0.2, -0.15) is 0 Å². The number of hydrogen-bond donors (Lipinski definition) is 0. The van der Waals surface area contributed by atoms with Gasteiger partial charge in [0.1, 0.15) is 11.2 Å². The van der Waals surface area contributed by atoms with E-state index in [9.17, 15) is 0 Å². The van der Waals surface area contributed by atoms with Gasteiger partial charge in [-0.3, -0.25) is 0 Å². The first-order valence-corrected chi connectivity index (χ1v) is 10.6. The molecule has 0 spiro atoms. The molecule has 1 nitrogen and oxygen atoms in total. The Balaban J connectivity index is 1.79. The molecule has 0 unspecified atom stereocenters. The van der Waals surface area contributed by atoms with Gasteiger partial charge in [-0.15, -0.1) is 0 Å². The second kappa shape index (κ2) is 6.35. The average molecular weight is 458 g/mol. The number of halogens is 2. The highest BCUT2D eigenvalue weighted by molar-refractivity contribution is 9.10. The van der Waals surface area contributed by atoms with Gasteiger partial charge in [-0.05, 0) is 66.8 Å². The average Bonchev–Trinajstić information content (AvgIpc) is 3.13. The summed E-state index contributed by atoms with van der Waals surface area (Å²) in [6.07, 6.45) is 0. The summed E-state index contributed by atoms with van der Waals surface area (Å²) in [6, 6.07) is 29.1. The minimum Gasteiger partial charge on any atom is -0.456 e. The summed E-state index contributed by atoms with van der Waals surface area (Å²) >= 11 is 10.6. The predicted octanol–water partition coefficient (Wildman–Crippen LogP) is 8.98. The van der Waals surface area contributed by atoms with Crippen molar-refractivity contribution in [2.75, 3.05) is 0 Å². The highest BCUT2D eigenvalue weighted by Gasteiger charge is 2.17. The van der Waals surface area contributed by atoms with Crippen LogP contribution in [0.25, 0.3) is 54.6 Å². The molecule has 6 aromatic rings. The molecule has 0 saturated heterocycles. The number of hydrogen-bond acceptors (Lipinski definition) is 1. The van der Waals surface area contributed by atoms with Crippen molar-refractivity contribution in [1.82, 2.24) is 0 Å². The van der Waals surface area contributed by atoms with Gasteiger partial charge in [0.25, 0.3) is 0 Å². The zero-order valence-corrected chi connectivity index (χ0v) is 17.6. The normalized spacial score (nSPS) is 11.8. The quantitative estimate of drug-likeness (QED) is 0.224. The second-order valence-corrected chi connectivity index (χ2v) is 8.41. The maximum Gasteiger partial charge on any atom is 0.137 e. The summed E-state index contributed by atoms with van der Waals surface area (Å²) in [5, 5.41) is 7.46. The van der Waals surface area contributed by atoms with Gasteiger partial charge in [0.2, 0.25) is 0 Å². The smallest absolute Gasteiger partial charge is 0.137 e. The third-order valence-electron chi connectivity index (χ3n) is 5.58. The first-order valence-electron chi connectivity index (χ1n) is 9.42. The SMILES string of the molecule is Clc1cc(-c2c3ccccc3c(Br)c3ccccc23)cc2oc3ccccc3c12. The minimum absolute atomic E-state index is 0.707. The molecule has 0 aliphatic carbocycles. The monoisotopic (exact) mass is 456 g/mol. The lowest BCUT2D eigenvalue weighted by Crippen LogP contribution is -1.88. The molecule has 29 heavy (non-hydrogen) atoms. The number of furan rings is 1. The van der Waals surface area contributed by atoms with Gasteiger partial charge in [-0.1, -0.05) is 78.3 Å². The van der Waals surface area contributed by atoms with Crippen LogP contribution in [0.5, 0.6) is 0 Å². The molecule has 0 aliphatic rings. The molecular weight excluding hydrogens is 444 g/mol. The summed E-state index contributed by atoms with van der Waals surface area (Å²) < 4.78 is 7.26. The Morgan fingerprint density at radius 2 is 1.17 bits per heavy atom. The van der Waals surface area contributed by atoms with E-state index in [1.54, 1.807) is 0 Å². The Kier molecular flexibility index (Phi) is 3.74. The molecule has 0 aliphatic heterocycles. The van der Waals surface area contributed by atoms with Crippen molar-refractivity contribution in [3.8, 4) is 11.1 Å². The van der Waals surface area contributed by atoms with Crippen LogP contribution in [0.1, 0.15) is 0 Å².